The summed E-state index contributed by atoms with van der Waals surface area (Å²) in [6.07, 6.45) is -0.221. The Morgan fingerprint density at radius 1 is 1.30 bits per heavy atom. The van der Waals surface area contributed by atoms with Crippen LogP contribution in [0, 0.1) is 25.2 Å². The number of nitriles is 1. The average Bonchev–Trinajstić information content (AvgIpc) is 2.84. The van der Waals surface area contributed by atoms with Crippen molar-refractivity contribution >= 4 is 17.6 Å². The third-order valence-electron chi connectivity index (χ3n) is 3.17. The fourth-order valence-electron chi connectivity index (χ4n) is 1.90. The van der Waals surface area contributed by atoms with Crippen LogP contribution in [0.5, 0.6) is 0 Å². The van der Waals surface area contributed by atoms with Crippen molar-refractivity contribution in [2.24, 2.45) is 0 Å². The number of hydrogen-bond donors (Lipinski definition) is 1. The van der Waals surface area contributed by atoms with Gasteiger partial charge in [0.05, 0.1) is 22.9 Å². The second-order valence-electron chi connectivity index (χ2n) is 4.84. The molecule has 0 fully saturated rings. The van der Waals surface area contributed by atoms with Crippen LogP contribution in [0.15, 0.2) is 28.8 Å². The summed E-state index contributed by atoms with van der Waals surface area (Å²) in [5.74, 6) is -0.271. The molecule has 0 radical (unpaired) electrons. The van der Waals surface area contributed by atoms with Gasteiger partial charge < -0.3 is 14.6 Å². The molecular weight excluding hydrogens is 298 g/mol. The number of nitrogens with one attached hydrogen (secondary N) is 1. The zero-order chi connectivity index (χ0) is 16.8. The summed E-state index contributed by atoms with van der Waals surface area (Å²) in [6.45, 7) is 3.61. The molecule has 2 rings (SSSR count). The zero-order valence-electron chi connectivity index (χ0n) is 12.8. The zero-order valence-corrected chi connectivity index (χ0v) is 12.8. The quantitative estimate of drug-likeness (QED) is 0.850. The number of carbonyl (C=O) groups excluding carboxylic acids is 2. The normalized spacial score (nSPS) is 9.96. The molecule has 0 spiro atoms. The Morgan fingerprint density at radius 2 is 2.00 bits per heavy atom. The van der Waals surface area contributed by atoms with Gasteiger partial charge in [-0.1, -0.05) is 5.16 Å². The van der Waals surface area contributed by atoms with Gasteiger partial charge >= 0.3 is 5.97 Å². The van der Waals surface area contributed by atoms with Crippen LogP contribution < -0.4 is 5.32 Å². The van der Waals surface area contributed by atoms with Crippen molar-refractivity contribution < 1.29 is 18.8 Å². The Labute approximate surface area is 132 Å². The molecule has 1 aromatic carbocycles. The second-order valence-corrected chi connectivity index (χ2v) is 4.84. The first-order valence-electron chi connectivity index (χ1n) is 6.87. The van der Waals surface area contributed by atoms with E-state index in [-0.39, 0.29) is 13.0 Å². The summed E-state index contributed by atoms with van der Waals surface area (Å²) >= 11 is 0. The van der Waals surface area contributed by atoms with Crippen molar-refractivity contribution in [1.82, 2.24) is 5.16 Å². The molecule has 0 saturated heterocycles. The standard InChI is InChI=1S/C16H15N3O4/c1-10-14(11(2)23-19-10)9-22-16(21)12-3-5-13(6-4-12)18-15(20)7-8-17/h3-6H,7,9H2,1-2H3,(H,18,20). The number of ether oxygens (including phenoxy) is 1. The van der Waals surface area contributed by atoms with Crippen LogP contribution in [0.25, 0.3) is 0 Å². The smallest absolute Gasteiger partial charge is 0.338 e. The first kappa shape index (κ1) is 16.2. The van der Waals surface area contributed by atoms with E-state index in [1.54, 1.807) is 32.0 Å². The van der Waals surface area contributed by atoms with Crippen LogP contribution in [0.1, 0.15) is 33.8 Å². The van der Waals surface area contributed by atoms with E-state index in [1.807, 2.05) is 0 Å². The lowest BCUT2D eigenvalue weighted by Crippen LogP contribution is -2.10. The Kier molecular flexibility index (Phi) is 5.10. The Morgan fingerprint density at radius 3 is 2.57 bits per heavy atom. The Hall–Kier alpha value is -3.14. The molecule has 0 bridgehead atoms. The summed E-state index contributed by atoms with van der Waals surface area (Å²) in [5.41, 5.74) is 2.30. The molecule has 1 N–H and O–H groups in total. The van der Waals surface area contributed by atoms with Crippen molar-refractivity contribution in [3.05, 3.63) is 46.8 Å². The van der Waals surface area contributed by atoms with Crippen LogP contribution in [-0.4, -0.2) is 17.0 Å². The van der Waals surface area contributed by atoms with E-state index >= 15 is 0 Å². The monoisotopic (exact) mass is 313 g/mol. The molecule has 0 aliphatic rings. The highest BCUT2D eigenvalue weighted by molar-refractivity contribution is 5.93. The largest absolute Gasteiger partial charge is 0.457 e. The number of carbonyl (C=O) groups is 2. The molecule has 0 saturated carbocycles. The van der Waals surface area contributed by atoms with Gasteiger partial charge in [-0.15, -0.1) is 0 Å². The van der Waals surface area contributed by atoms with Crippen LogP contribution in [0.3, 0.4) is 0 Å². The molecule has 1 heterocycles. The number of esters is 1. The molecule has 0 unspecified atom stereocenters. The van der Waals surface area contributed by atoms with Gasteiger partial charge in [0.2, 0.25) is 5.91 Å². The third-order valence-corrected chi connectivity index (χ3v) is 3.17. The first-order valence-corrected chi connectivity index (χ1v) is 6.87. The van der Waals surface area contributed by atoms with Crippen LogP contribution >= 0.6 is 0 Å². The van der Waals surface area contributed by atoms with Crippen molar-refractivity contribution in [3.63, 3.8) is 0 Å². The van der Waals surface area contributed by atoms with Crippen LogP contribution in [-0.2, 0) is 16.1 Å². The van der Waals surface area contributed by atoms with Gasteiger partial charge in [-0.25, -0.2) is 4.79 Å². The molecule has 118 valence electrons. The predicted molar refractivity (Wildman–Crippen MR) is 80.4 cm³/mol. The number of nitrogens with zero attached hydrogens (tertiary/aromatic N) is 2. The lowest BCUT2D eigenvalue weighted by atomic mass is 10.2. The summed E-state index contributed by atoms with van der Waals surface area (Å²) in [4.78, 5) is 23.3. The van der Waals surface area contributed by atoms with Crippen molar-refractivity contribution in [1.29, 1.82) is 5.26 Å². The van der Waals surface area contributed by atoms with Crippen molar-refractivity contribution in [2.75, 3.05) is 5.32 Å². The molecule has 0 aliphatic heterocycles. The molecular formula is C16H15N3O4. The topological polar surface area (TPSA) is 105 Å². The minimum Gasteiger partial charge on any atom is -0.457 e. The van der Waals surface area contributed by atoms with Crippen molar-refractivity contribution in [3.8, 4) is 6.07 Å². The van der Waals surface area contributed by atoms with Crippen molar-refractivity contribution in [2.45, 2.75) is 26.9 Å². The predicted octanol–water partition coefficient (Wildman–Crippen LogP) is 2.50. The number of rotatable bonds is 5. The van der Waals surface area contributed by atoms with Gasteiger partial charge in [0.15, 0.2) is 0 Å². The highest BCUT2D eigenvalue weighted by atomic mass is 16.5. The van der Waals surface area contributed by atoms with E-state index in [9.17, 15) is 9.59 Å². The number of benzene rings is 1. The highest BCUT2D eigenvalue weighted by Crippen LogP contribution is 2.15. The van der Waals surface area contributed by atoms with E-state index in [0.29, 0.717) is 22.7 Å². The van der Waals surface area contributed by atoms with Gasteiger partial charge in [-0.2, -0.15) is 5.26 Å². The lowest BCUT2D eigenvalue weighted by Gasteiger charge is -2.06. The number of anilines is 1. The summed E-state index contributed by atoms with van der Waals surface area (Å²) in [7, 11) is 0. The molecule has 23 heavy (non-hydrogen) atoms. The van der Waals surface area contributed by atoms with Gasteiger partial charge in [-0.05, 0) is 38.1 Å². The minimum absolute atomic E-state index is 0.0840. The Bertz CT molecular complexity index is 737. The minimum atomic E-state index is -0.486. The van der Waals surface area contributed by atoms with E-state index in [0.717, 1.165) is 5.56 Å². The number of aryl methyl sites for hydroxylation is 2. The maximum atomic E-state index is 12.0. The molecule has 1 amide bonds. The van der Waals surface area contributed by atoms with Crippen LogP contribution in [0.4, 0.5) is 5.69 Å². The van der Waals surface area contributed by atoms with Crippen LogP contribution in [0.2, 0.25) is 0 Å². The summed E-state index contributed by atoms with van der Waals surface area (Å²) < 4.78 is 10.2. The fraction of sp³-hybridized carbons (Fsp3) is 0.250. The molecule has 2 aromatic rings. The van der Waals surface area contributed by atoms with Gasteiger partial charge in [0, 0.05) is 5.69 Å². The van der Waals surface area contributed by atoms with Gasteiger partial charge in [-0.3, -0.25) is 4.79 Å². The molecule has 7 heteroatoms. The summed E-state index contributed by atoms with van der Waals surface area (Å²) in [5, 5.41) is 14.8. The number of amides is 1. The number of aromatic nitrogens is 1. The summed E-state index contributed by atoms with van der Waals surface area (Å²) in [6, 6.07) is 7.98. The molecule has 7 nitrogen and oxygen atoms in total. The van der Waals surface area contributed by atoms with E-state index in [2.05, 4.69) is 10.5 Å². The third kappa shape index (κ3) is 4.17. The maximum absolute atomic E-state index is 12.0. The van der Waals surface area contributed by atoms with E-state index in [4.69, 9.17) is 14.5 Å². The maximum Gasteiger partial charge on any atom is 0.338 e. The van der Waals surface area contributed by atoms with E-state index < -0.39 is 11.9 Å². The first-order chi connectivity index (χ1) is 11.0. The molecule has 1 aromatic heterocycles. The highest BCUT2D eigenvalue weighted by Gasteiger charge is 2.13. The lowest BCUT2D eigenvalue weighted by molar-refractivity contribution is -0.115. The Balaban J connectivity index is 1.95. The SMILES string of the molecule is Cc1noc(C)c1COC(=O)c1ccc(NC(=O)CC#N)cc1. The molecule has 0 aliphatic carbocycles. The van der Waals surface area contributed by atoms with E-state index in [1.165, 1.54) is 12.1 Å². The average molecular weight is 313 g/mol. The van der Waals surface area contributed by atoms with Gasteiger partial charge in [0.1, 0.15) is 18.8 Å². The molecule has 0 atom stereocenters. The fourth-order valence-corrected chi connectivity index (χ4v) is 1.90. The second kappa shape index (κ2) is 7.22. The number of hydrogen-bond acceptors (Lipinski definition) is 6. The van der Waals surface area contributed by atoms with Gasteiger partial charge in [0.25, 0.3) is 0 Å².